The fraction of sp³-hybridized carbons (Fsp3) is 0.375. The summed E-state index contributed by atoms with van der Waals surface area (Å²) in [7, 11) is 1.93. The molecule has 1 aromatic heterocycles. The van der Waals surface area contributed by atoms with Crippen molar-refractivity contribution in [3.05, 3.63) is 58.7 Å². The van der Waals surface area contributed by atoms with Gasteiger partial charge < -0.3 is 5.32 Å². The quantitative estimate of drug-likeness (QED) is 0.910. The van der Waals surface area contributed by atoms with Crippen LogP contribution in [0.4, 0.5) is 4.39 Å². The van der Waals surface area contributed by atoms with Gasteiger partial charge in [0.15, 0.2) is 0 Å². The van der Waals surface area contributed by atoms with Gasteiger partial charge in [-0.3, -0.25) is 0 Å². The van der Waals surface area contributed by atoms with Crippen LogP contribution in [0.5, 0.6) is 0 Å². The van der Waals surface area contributed by atoms with E-state index < -0.39 is 0 Å². The van der Waals surface area contributed by atoms with Crippen molar-refractivity contribution in [1.82, 2.24) is 15.5 Å². The highest BCUT2D eigenvalue weighted by atomic mass is 19.1. The topological polar surface area (TPSA) is 37.8 Å². The summed E-state index contributed by atoms with van der Waals surface area (Å²) in [4.78, 5) is 0. The number of aromatic nitrogens is 2. The van der Waals surface area contributed by atoms with E-state index in [1.54, 1.807) is 0 Å². The molecular formula is C16H20FN3. The Morgan fingerprint density at radius 2 is 1.90 bits per heavy atom. The number of aryl methyl sites for hydroxylation is 2. The minimum atomic E-state index is -0.203. The lowest BCUT2D eigenvalue weighted by Gasteiger charge is -2.19. The first-order valence-corrected chi connectivity index (χ1v) is 6.88. The molecule has 1 N–H and O–H groups in total. The van der Waals surface area contributed by atoms with Gasteiger partial charge in [-0.05, 0) is 56.1 Å². The van der Waals surface area contributed by atoms with Gasteiger partial charge in [0.05, 0.1) is 11.4 Å². The zero-order valence-electron chi connectivity index (χ0n) is 12.2. The van der Waals surface area contributed by atoms with E-state index in [2.05, 4.69) is 28.5 Å². The molecule has 4 heteroatoms. The van der Waals surface area contributed by atoms with E-state index in [9.17, 15) is 4.39 Å². The summed E-state index contributed by atoms with van der Waals surface area (Å²) in [6, 6.07) is 8.89. The van der Waals surface area contributed by atoms with Crippen molar-refractivity contribution in [1.29, 1.82) is 0 Å². The smallest absolute Gasteiger partial charge is 0.123 e. The molecule has 0 aliphatic rings. The molecule has 1 atom stereocenters. The predicted molar refractivity (Wildman–Crippen MR) is 78.1 cm³/mol. The Kier molecular flexibility index (Phi) is 4.79. The summed E-state index contributed by atoms with van der Waals surface area (Å²) in [5.41, 5.74) is 4.20. The largest absolute Gasteiger partial charge is 0.313 e. The number of hydrogen-bond acceptors (Lipinski definition) is 3. The van der Waals surface area contributed by atoms with E-state index >= 15 is 0 Å². The Morgan fingerprint density at radius 1 is 1.20 bits per heavy atom. The van der Waals surface area contributed by atoms with Crippen molar-refractivity contribution >= 4 is 0 Å². The summed E-state index contributed by atoms with van der Waals surface area (Å²) in [6.45, 7) is 4.02. The van der Waals surface area contributed by atoms with E-state index in [0.717, 1.165) is 29.8 Å². The predicted octanol–water partition coefficient (Wildman–Crippen LogP) is 2.99. The van der Waals surface area contributed by atoms with E-state index in [-0.39, 0.29) is 11.9 Å². The zero-order chi connectivity index (χ0) is 14.5. The summed E-state index contributed by atoms with van der Waals surface area (Å²) in [6.07, 6.45) is 1.65. The monoisotopic (exact) mass is 273 g/mol. The number of nitrogens with one attached hydrogen (secondary N) is 1. The molecule has 0 amide bonds. The van der Waals surface area contributed by atoms with Crippen LogP contribution in [0.1, 0.15) is 35.5 Å². The van der Waals surface area contributed by atoms with Crippen LogP contribution in [0.15, 0.2) is 30.3 Å². The van der Waals surface area contributed by atoms with Gasteiger partial charge in [-0.25, -0.2) is 4.39 Å². The molecule has 0 saturated carbocycles. The summed E-state index contributed by atoms with van der Waals surface area (Å²) < 4.78 is 13.0. The Balaban J connectivity index is 2.28. The molecule has 0 fully saturated rings. The number of nitrogens with zero attached hydrogens (tertiary/aromatic N) is 2. The van der Waals surface area contributed by atoms with Crippen molar-refractivity contribution in [2.24, 2.45) is 0 Å². The molecule has 1 unspecified atom stereocenters. The SMILES string of the molecule is CCc1nnc(C)cc1C(Cc1ccc(F)cc1)NC. The molecule has 1 aromatic carbocycles. The fourth-order valence-electron chi connectivity index (χ4n) is 2.33. The molecule has 20 heavy (non-hydrogen) atoms. The van der Waals surface area contributed by atoms with Gasteiger partial charge in [0.25, 0.3) is 0 Å². The lowest BCUT2D eigenvalue weighted by molar-refractivity contribution is 0.576. The second-order valence-corrected chi connectivity index (χ2v) is 4.91. The highest BCUT2D eigenvalue weighted by Gasteiger charge is 2.15. The lowest BCUT2D eigenvalue weighted by atomic mass is 9.97. The Hall–Kier alpha value is -1.81. The van der Waals surface area contributed by atoms with Crippen molar-refractivity contribution in [2.45, 2.75) is 32.7 Å². The van der Waals surface area contributed by atoms with Crippen LogP contribution < -0.4 is 5.32 Å². The molecule has 2 aromatic rings. The standard InChI is InChI=1S/C16H20FN3/c1-4-15-14(9-11(2)19-20-15)16(18-3)10-12-5-7-13(17)8-6-12/h5-9,16,18H,4,10H2,1-3H3. The van der Waals surface area contributed by atoms with Crippen LogP contribution in [0.25, 0.3) is 0 Å². The summed E-state index contributed by atoms with van der Waals surface area (Å²) >= 11 is 0. The maximum Gasteiger partial charge on any atom is 0.123 e. The van der Waals surface area contributed by atoms with Crippen LogP contribution in [0.3, 0.4) is 0 Å². The van der Waals surface area contributed by atoms with Crippen LogP contribution in [-0.4, -0.2) is 17.2 Å². The van der Waals surface area contributed by atoms with Crippen LogP contribution >= 0.6 is 0 Å². The van der Waals surface area contributed by atoms with Gasteiger partial charge in [0.2, 0.25) is 0 Å². The molecule has 1 heterocycles. The van der Waals surface area contributed by atoms with Crippen molar-refractivity contribution in [2.75, 3.05) is 7.05 Å². The first-order chi connectivity index (χ1) is 9.63. The van der Waals surface area contributed by atoms with Crippen LogP contribution in [0, 0.1) is 12.7 Å². The third-order valence-corrected chi connectivity index (χ3v) is 3.44. The summed E-state index contributed by atoms with van der Waals surface area (Å²) in [5, 5.41) is 11.7. The number of rotatable bonds is 5. The van der Waals surface area contributed by atoms with Crippen molar-refractivity contribution in [3.8, 4) is 0 Å². The normalized spacial score (nSPS) is 12.4. The minimum absolute atomic E-state index is 0.157. The van der Waals surface area contributed by atoms with Crippen LogP contribution in [-0.2, 0) is 12.8 Å². The highest BCUT2D eigenvalue weighted by Crippen LogP contribution is 2.21. The van der Waals surface area contributed by atoms with Crippen LogP contribution in [0.2, 0.25) is 0 Å². The highest BCUT2D eigenvalue weighted by molar-refractivity contribution is 5.28. The van der Waals surface area contributed by atoms with Crippen molar-refractivity contribution in [3.63, 3.8) is 0 Å². The van der Waals surface area contributed by atoms with Gasteiger partial charge in [0.1, 0.15) is 5.82 Å². The van der Waals surface area contributed by atoms with Gasteiger partial charge >= 0.3 is 0 Å². The zero-order valence-corrected chi connectivity index (χ0v) is 12.2. The molecule has 3 nitrogen and oxygen atoms in total. The molecule has 0 spiro atoms. The van der Waals surface area contributed by atoms with E-state index in [1.165, 1.54) is 17.7 Å². The Bertz CT molecular complexity index is 566. The first-order valence-electron chi connectivity index (χ1n) is 6.88. The molecule has 0 radical (unpaired) electrons. The van der Waals surface area contributed by atoms with Crippen molar-refractivity contribution < 1.29 is 4.39 Å². The number of likely N-dealkylation sites (N-methyl/N-ethyl adjacent to an activating group) is 1. The molecule has 0 aliphatic heterocycles. The van der Waals surface area contributed by atoms with Gasteiger partial charge in [-0.15, -0.1) is 0 Å². The molecular weight excluding hydrogens is 253 g/mol. The Labute approximate surface area is 119 Å². The molecule has 0 saturated heterocycles. The molecule has 2 rings (SSSR count). The second kappa shape index (κ2) is 6.57. The Morgan fingerprint density at radius 3 is 2.50 bits per heavy atom. The third-order valence-electron chi connectivity index (χ3n) is 3.44. The minimum Gasteiger partial charge on any atom is -0.313 e. The van der Waals surface area contributed by atoms with E-state index in [1.807, 2.05) is 26.1 Å². The molecule has 0 bridgehead atoms. The van der Waals surface area contributed by atoms with Gasteiger partial charge in [-0.1, -0.05) is 19.1 Å². The average molecular weight is 273 g/mol. The lowest BCUT2D eigenvalue weighted by Crippen LogP contribution is -2.21. The van der Waals surface area contributed by atoms with Gasteiger partial charge in [0, 0.05) is 6.04 Å². The average Bonchev–Trinajstić information content (AvgIpc) is 2.46. The van der Waals surface area contributed by atoms with E-state index in [4.69, 9.17) is 0 Å². The fourth-order valence-corrected chi connectivity index (χ4v) is 2.33. The van der Waals surface area contributed by atoms with E-state index in [0.29, 0.717) is 0 Å². The molecule has 0 aliphatic carbocycles. The third kappa shape index (κ3) is 3.39. The number of benzene rings is 1. The number of halogens is 1. The summed E-state index contributed by atoms with van der Waals surface area (Å²) in [5.74, 6) is -0.203. The maximum absolute atomic E-state index is 13.0. The first kappa shape index (κ1) is 14.6. The van der Waals surface area contributed by atoms with Gasteiger partial charge in [-0.2, -0.15) is 10.2 Å². The maximum atomic E-state index is 13.0. The second-order valence-electron chi connectivity index (χ2n) is 4.91. The number of hydrogen-bond donors (Lipinski definition) is 1. The molecule has 106 valence electrons.